The number of hydrogen-bond acceptors (Lipinski definition) is 5. The van der Waals surface area contributed by atoms with Gasteiger partial charge in [-0.15, -0.1) is 0 Å². The number of phenolic OH excluding ortho intramolecular Hbond substituents is 1. The number of aryl methyl sites for hydroxylation is 1. The van der Waals surface area contributed by atoms with Crippen molar-refractivity contribution in [3.8, 4) is 5.75 Å². The summed E-state index contributed by atoms with van der Waals surface area (Å²) in [6, 6.07) is 3.87. The van der Waals surface area contributed by atoms with Crippen molar-refractivity contribution in [1.29, 1.82) is 0 Å². The molecule has 0 aliphatic heterocycles. The van der Waals surface area contributed by atoms with Crippen LogP contribution in [0.25, 0.3) is 0 Å². The predicted molar refractivity (Wildman–Crippen MR) is 85.3 cm³/mol. The van der Waals surface area contributed by atoms with Gasteiger partial charge in [0.2, 0.25) is 5.91 Å². The fraction of sp³-hybridized carbons (Fsp3) is 0.471. The Hall–Kier alpha value is -2.37. The molecule has 6 nitrogen and oxygen atoms in total. The maximum Gasteiger partial charge on any atom is 0.328 e. The highest BCUT2D eigenvalue weighted by Crippen LogP contribution is 2.17. The van der Waals surface area contributed by atoms with E-state index < -0.39 is 17.6 Å². The lowest BCUT2D eigenvalue weighted by Crippen LogP contribution is -2.42. The molecule has 1 amide bonds. The standard InChI is InChI=1S/C17H23NO5/c1-11(16(22)23-17(2,3)4)18-15(21)8-6-12-5-7-14(20)13(9-12)10-19/h5,7,9-11,20H,6,8H2,1-4H3,(H,18,21)/t11-/m0/s1. The molecule has 0 spiro atoms. The summed E-state index contributed by atoms with van der Waals surface area (Å²) in [5.41, 5.74) is 0.336. The van der Waals surface area contributed by atoms with Crippen molar-refractivity contribution in [2.24, 2.45) is 0 Å². The number of nitrogens with one attached hydrogen (secondary N) is 1. The van der Waals surface area contributed by atoms with Crippen molar-refractivity contribution >= 4 is 18.2 Å². The van der Waals surface area contributed by atoms with Crippen LogP contribution in [0.2, 0.25) is 0 Å². The van der Waals surface area contributed by atoms with Crippen LogP contribution in [0.4, 0.5) is 0 Å². The molecule has 1 rings (SSSR count). The van der Waals surface area contributed by atoms with Crippen molar-refractivity contribution in [3.63, 3.8) is 0 Å². The third-order valence-electron chi connectivity index (χ3n) is 3.00. The topological polar surface area (TPSA) is 92.7 Å². The molecule has 0 aliphatic carbocycles. The van der Waals surface area contributed by atoms with Crippen LogP contribution in [0, 0.1) is 0 Å². The minimum Gasteiger partial charge on any atom is -0.507 e. The molecule has 0 fully saturated rings. The number of ether oxygens (including phenoxy) is 1. The lowest BCUT2D eigenvalue weighted by molar-refractivity contribution is -0.158. The van der Waals surface area contributed by atoms with Gasteiger partial charge in [-0.2, -0.15) is 0 Å². The van der Waals surface area contributed by atoms with Gasteiger partial charge in [0.1, 0.15) is 17.4 Å². The molecular weight excluding hydrogens is 298 g/mol. The molecule has 0 unspecified atom stereocenters. The minimum absolute atomic E-state index is 0.0910. The van der Waals surface area contributed by atoms with Crippen LogP contribution < -0.4 is 5.32 Å². The van der Waals surface area contributed by atoms with Gasteiger partial charge in [-0.3, -0.25) is 9.59 Å². The van der Waals surface area contributed by atoms with Crippen LogP contribution in [0.5, 0.6) is 5.75 Å². The molecule has 1 atom stereocenters. The van der Waals surface area contributed by atoms with E-state index in [0.717, 1.165) is 5.56 Å². The van der Waals surface area contributed by atoms with Crippen LogP contribution in [0.1, 0.15) is 50.0 Å². The molecule has 0 aromatic heterocycles. The van der Waals surface area contributed by atoms with Crippen LogP contribution in [0.15, 0.2) is 18.2 Å². The van der Waals surface area contributed by atoms with Crippen LogP contribution in [-0.4, -0.2) is 34.9 Å². The number of phenols is 1. The molecule has 0 heterocycles. The van der Waals surface area contributed by atoms with Gasteiger partial charge >= 0.3 is 5.97 Å². The van der Waals surface area contributed by atoms with Gasteiger partial charge in [-0.05, 0) is 51.8 Å². The first-order valence-corrected chi connectivity index (χ1v) is 7.41. The Kier molecular flexibility index (Phi) is 6.30. The van der Waals surface area contributed by atoms with Crippen LogP contribution >= 0.6 is 0 Å². The third-order valence-corrected chi connectivity index (χ3v) is 3.00. The molecule has 6 heteroatoms. The predicted octanol–water partition coefficient (Wildman–Crippen LogP) is 1.98. The van der Waals surface area contributed by atoms with Gasteiger partial charge in [0.15, 0.2) is 6.29 Å². The molecule has 0 saturated heterocycles. The van der Waals surface area contributed by atoms with E-state index in [4.69, 9.17) is 4.74 Å². The number of aldehydes is 1. The largest absolute Gasteiger partial charge is 0.507 e. The van der Waals surface area contributed by atoms with Gasteiger partial charge in [-0.25, -0.2) is 4.79 Å². The summed E-state index contributed by atoms with van der Waals surface area (Å²) >= 11 is 0. The molecule has 0 radical (unpaired) electrons. The van der Waals surface area contributed by atoms with E-state index in [1.165, 1.54) is 12.1 Å². The highest BCUT2D eigenvalue weighted by molar-refractivity contribution is 5.84. The summed E-state index contributed by atoms with van der Waals surface area (Å²) in [7, 11) is 0. The fourth-order valence-corrected chi connectivity index (χ4v) is 1.87. The average molecular weight is 321 g/mol. The highest BCUT2D eigenvalue weighted by atomic mass is 16.6. The summed E-state index contributed by atoms with van der Waals surface area (Å²) in [6.07, 6.45) is 1.12. The monoisotopic (exact) mass is 321 g/mol. The second-order valence-electron chi connectivity index (χ2n) is 6.33. The molecule has 0 bridgehead atoms. The zero-order chi connectivity index (χ0) is 17.6. The molecule has 0 saturated carbocycles. The van der Waals surface area contributed by atoms with Gasteiger partial charge in [0.25, 0.3) is 0 Å². The van der Waals surface area contributed by atoms with E-state index in [1.807, 2.05) is 0 Å². The number of esters is 1. The van der Waals surface area contributed by atoms with Crippen molar-refractivity contribution in [2.75, 3.05) is 0 Å². The number of carbonyl (C=O) groups excluding carboxylic acids is 3. The summed E-state index contributed by atoms with van der Waals surface area (Å²) < 4.78 is 5.19. The number of aromatic hydroxyl groups is 1. The molecule has 23 heavy (non-hydrogen) atoms. The Balaban J connectivity index is 2.51. The van der Waals surface area contributed by atoms with Crippen LogP contribution in [-0.2, 0) is 20.7 Å². The second kappa shape index (κ2) is 7.76. The van der Waals surface area contributed by atoms with Crippen molar-refractivity contribution in [1.82, 2.24) is 5.32 Å². The molecule has 0 aliphatic rings. The van der Waals surface area contributed by atoms with Crippen molar-refractivity contribution in [3.05, 3.63) is 29.3 Å². The van der Waals surface area contributed by atoms with Crippen LogP contribution in [0.3, 0.4) is 0 Å². The summed E-state index contributed by atoms with van der Waals surface area (Å²) in [5.74, 6) is -0.866. The summed E-state index contributed by atoms with van der Waals surface area (Å²) in [5, 5.41) is 12.0. The molecule has 2 N–H and O–H groups in total. The third kappa shape index (κ3) is 6.50. The normalized spacial score (nSPS) is 12.3. The number of amides is 1. The lowest BCUT2D eigenvalue weighted by atomic mass is 10.1. The first-order chi connectivity index (χ1) is 10.6. The average Bonchev–Trinajstić information content (AvgIpc) is 2.44. The van der Waals surface area contributed by atoms with E-state index in [-0.39, 0.29) is 23.6 Å². The zero-order valence-electron chi connectivity index (χ0n) is 13.9. The first-order valence-electron chi connectivity index (χ1n) is 7.41. The van der Waals surface area contributed by atoms with Gasteiger partial charge < -0.3 is 15.2 Å². The number of carbonyl (C=O) groups is 3. The van der Waals surface area contributed by atoms with Crippen molar-refractivity contribution < 1.29 is 24.2 Å². The van der Waals surface area contributed by atoms with E-state index in [1.54, 1.807) is 33.8 Å². The van der Waals surface area contributed by atoms with E-state index in [0.29, 0.717) is 12.7 Å². The van der Waals surface area contributed by atoms with Gasteiger partial charge in [-0.1, -0.05) is 6.07 Å². The number of rotatable bonds is 6. The SMILES string of the molecule is C[C@H](NC(=O)CCc1ccc(O)c(C=O)c1)C(=O)OC(C)(C)C. The van der Waals surface area contributed by atoms with Crippen molar-refractivity contribution in [2.45, 2.75) is 52.2 Å². The lowest BCUT2D eigenvalue weighted by Gasteiger charge is -2.22. The van der Waals surface area contributed by atoms with Gasteiger partial charge in [0.05, 0.1) is 5.56 Å². The zero-order valence-corrected chi connectivity index (χ0v) is 13.9. The Morgan fingerprint density at radius 3 is 2.57 bits per heavy atom. The maximum absolute atomic E-state index is 11.9. The Morgan fingerprint density at radius 2 is 2.00 bits per heavy atom. The first kappa shape index (κ1) is 18.7. The number of benzene rings is 1. The smallest absolute Gasteiger partial charge is 0.328 e. The Bertz CT molecular complexity index is 589. The van der Waals surface area contributed by atoms with Gasteiger partial charge in [0, 0.05) is 6.42 Å². The quantitative estimate of drug-likeness (QED) is 0.617. The minimum atomic E-state index is -0.730. The number of hydrogen-bond donors (Lipinski definition) is 2. The van der Waals surface area contributed by atoms with E-state index >= 15 is 0 Å². The summed E-state index contributed by atoms with van der Waals surface area (Å²) in [4.78, 5) is 34.4. The fourth-order valence-electron chi connectivity index (χ4n) is 1.87. The highest BCUT2D eigenvalue weighted by Gasteiger charge is 2.22. The molecule has 1 aromatic carbocycles. The van der Waals surface area contributed by atoms with E-state index in [9.17, 15) is 19.5 Å². The molecule has 126 valence electrons. The molecule has 1 aromatic rings. The Morgan fingerprint density at radius 1 is 1.35 bits per heavy atom. The Labute approximate surface area is 135 Å². The summed E-state index contributed by atoms with van der Waals surface area (Å²) in [6.45, 7) is 6.84. The second-order valence-corrected chi connectivity index (χ2v) is 6.33. The molecular formula is C17H23NO5. The maximum atomic E-state index is 11.9. The van der Waals surface area contributed by atoms with E-state index in [2.05, 4.69) is 5.32 Å².